The number of hydrogen-bond acceptors (Lipinski definition) is 2. The molecule has 1 radical (unpaired) electrons. The fourth-order valence-corrected chi connectivity index (χ4v) is 1.39. The van der Waals surface area contributed by atoms with Crippen molar-refractivity contribution in [3.8, 4) is 0 Å². The summed E-state index contributed by atoms with van der Waals surface area (Å²) >= 11 is 0. The normalized spacial score (nSPS) is 10.2. The summed E-state index contributed by atoms with van der Waals surface area (Å²) in [5, 5.41) is 0. The summed E-state index contributed by atoms with van der Waals surface area (Å²) in [4.78, 5) is 14.9. The molecule has 3 heteroatoms. The van der Waals surface area contributed by atoms with Crippen LogP contribution in [-0.2, 0) is 6.54 Å². The first kappa shape index (κ1) is 9.65. The molecule has 0 aliphatic heterocycles. The highest BCUT2D eigenvalue weighted by atomic mass is 16.1. The van der Waals surface area contributed by atoms with Gasteiger partial charge in [-0.05, 0) is 5.56 Å². The number of rotatable bonds is 3. The van der Waals surface area contributed by atoms with Crippen LogP contribution >= 0.6 is 0 Å². The molecule has 0 bridgehead atoms. The first-order valence-corrected chi connectivity index (χ1v) is 4.66. The van der Waals surface area contributed by atoms with Gasteiger partial charge < -0.3 is 4.57 Å². The Hall–Kier alpha value is -1.90. The number of hydrogen-bond donors (Lipinski definition) is 0. The van der Waals surface area contributed by atoms with E-state index in [2.05, 4.69) is 11.9 Å². The topological polar surface area (TPSA) is 34.9 Å². The first-order valence-electron chi connectivity index (χ1n) is 4.66. The van der Waals surface area contributed by atoms with Gasteiger partial charge in [0.05, 0.1) is 6.33 Å². The summed E-state index contributed by atoms with van der Waals surface area (Å²) in [6.45, 7) is 4.13. The van der Waals surface area contributed by atoms with E-state index in [4.69, 9.17) is 0 Å². The Morgan fingerprint density at radius 1 is 1.33 bits per heavy atom. The smallest absolute Gasteiger partial charge is 0.163 e. The molecule has 75 valence electrons. The Labute approximate surface area is 88.4 Å². The van der Waals surface area contributed by atoms with Crippen LogP contribution in [0.5, 0.6) is 0 Å². The van der Waals surface area contributed by atoms with Crippen molar-refractivity contribution >= 4 is 5.78 Å². The van der Waals surface area contributed by atoms with E-state index in [-0.39, 0.29) is 5.78 Å². The number of carbonyl (C=O) groups excluding carboxylic acids is 1. The largest absolute Gasteiger partial charge is 0.333 e. The van der Waals surface area contributed by atoms with E-state index in [1.165, 1.54) is 0 Å². The van der Waals surface area contributed by atoms with Crippen molar-refractivity contribution in [3.63, 3.8) is 0 Å². The lowest BCUT2D eigenvalue weighted by Crippen LogP contribution is -1.97. The molecule has 0 spiro atoms. The molecule has 3 nitrogen and oxygen atoms in total. The molecule has 2 aromatic rings. The minimum Gasteiger partial charge on any atom is -0.333 e. The molecule has 0 saturated carbocycles. The highest BCUT2D eigenvalue weighted by Crippen LogP contribution is 2.06. The standard InChI is InChI=1S/C12H11N2O/c1-10(15)12-4-2-11(3-5-12)8-14-7-6-13-9-14/h2-7,9H,1,8H2. The number of nitrogens with zero attached hydrogens (tertiary/aromatic N) is 2. The highest BCUT2D eigenvalue weighted by Gasteiger charge is 1.99. The Bertz CT molecular complexity index is 443. The van der Waals surface area contributed by atoms with Crippen LogP contribution in [-0.4, -0.2) is 15.3 Å². The van der Waals surface area contributed by atoms with Crippen molar-refractivity contribution in [3.05, 3.63) is 61.0 Å². The SMILES string of the molecule is [CH2]C(=O)c1ccc(Cn2ccnc2)cc1. The monoisotopic (exact) mass is 199 g/mol. The van der Waals surface area contributed by atoms with Gasteiger partial charge in [0, 0.05) is 31.4 Å². The van der Waals surface area contributed by atoms with Crippen LogP contribution in [0.25, 0.3) is 0 Å². The molecule has 1 aromatic heterocycles. The number of carbonyl (C=O) groups is 1. The number of imidazole rings is 1. The number of Topliss-reactive ketones (excluding diaryl/α,β-unsaturated/α-hetero) is 1. The van der Waals surface area contributed by atoms with E-state index in [1.807, 2.05) is 22.9 Å². The third-order valence-corrected chi connectivity index (χ3v) is 2.20. The predicted octanol–water partition coefficient (Wildman–Crippen LogP) is 1.95. The van der Waals surface area contributed by atoms with E-state index in [9.17, 15) is 4.79 Å². The Balaban J connectivity index is 2.14. The van der Waals surface area contributed by atoms with Crippen LogP contribution in [0.4, 0.5) is 0 Å². The van der Waals surface area contributed by atoms with E-state index >= 15 is 0 Å². The minimum absolute atomic E-state index is 0.149. The lowest BCUT2D eigenvalue weighted by Gasteiger charge is -2.02. The van der Waals surface area contributed by atoms with Gasteiger partial charge in [0.25, 0.3) is 0 Å². The quantitative estimate of drug-likeness (QED) is 0.708. The summed E-state index contributed by atoms with van der Waals surface area (Å²) in [6.07, 6.45) is 5.41. The Morgan fingerprint density at radius 2 is 2.07 bits per heavy atom. The first-order chi connectivity index (χ1) is 7.25. The Morgan fingerprint density at radius 3 is 2.60 bits per heavy atom. The zero-order chi connectivity index (χ0) is 10.7. The lowest BCUT2D eigenvalue weighted by molar-refractivity contribution is 0.104. The third-order valence-electron chi connectivity index (χ3n) is 2.20. The second-order valence-electron chi connectivity index (χ2n) is 3.36. The maximum atomic E-state index is 10.9. The average molecular weight is 199 g/mol. The summed E-state index contributed by atoms with van der Waals surface area (Å²) in [5.41, 5.74) is 1.78. The molecule has 2 rings (SSSR count). The lowest BCUT2D eigenvalue weighted by atomic mass is 10.1. The molecule has 15 heavy (non-hydrogen) atoms. The molecule has 0 aliphatic carbocycles. The van der Waals surface area contributed by atoms with Crippen molar-refractivity contribution < 1.29 is 4.79 Å². The van der Waals surface area contributed by atoms with Crippen molar-refractivity contribution in [1.82, 2.24) is 9.55 Å². The second-order valence-corrected chi connectivity index (χ2v) is 3.36. The molecule has 0 saturated heterocycles. The van der Waals surface area contributed by atoms with Crippen LogP contribution in [0.1, 0.15) is 15.9 Å². The van der Waals surface area contributed by atoms with Gasteiger partial charge in [-0.2, -0.15) is 0 Å². The van der Waals surface area contributed by atoms with Gasteiger partial charge in [0.1, 0.15) is 0 Å². The van der Waals surface area contributed by atoms with Gasteiger partial charge >= 0.3 is 0 Å². The van der Waals surface area contributed by atoms with Crippen LogP contribution in [0.3, 0.4) is 0 Å². The molecule has 0 amide bonds. The van der Waals surface area contributed by atoms with Gasteiger partial charge in [-0.25, -0.2) is 4.98 Å². The fraction of sp³-hybridized carbons (Fsp3) is 0.0833. The fourth-order valence-electron chi connectivity index (χ4n) is 1.39. The van der Waals surface area contributed by atoms with Gasteiger partial charge in [-0.3, -0.25) is 4.79 Å². The molecule has 1 aromatic carbocycles. The van der Waals surface area contributed by atoms with Crippen LogP contribution in [0, 0.1) is 6.92 Å². The van der Waals surface area contributed by atoms with Gasteiger partial charge in [-0.1, -0.05) is 24.3 Å². The zero-order valence-corrected chi connectivity index (χ0v) is 8.26. The summed E-state index contributed by atoms with van der Waals surface area (Å²) in [7, 11) is 0. The molecular formula is C12H11N2O. The van der Waals surface area contributed by atoms with E-state index < -0.39 is 0 Å². The number of benzene rings is 1. The summed E-state index contributed by atoms with van der Waals surface area (Å²) in [5.74, 6) is -0.149. The minimum atomic E-state index is -0.149. The summed E-state index contributed by atoms with van der Waals surface area (Å²) in [6, 6.07) is 7.44. The second kappa shape index (κ2) is 4.09. The molecule has 0 unspecified atom stereocenters. The van der Waals surface area contributed by atoms with E-state index in [0.717, 1.165) is 12.1 Å². The predicted molar refractivity (Wildman–Crippen MR) is 57.5 cm³/mol. The highest BCUT2D eigenvalue weighted by molar-refractivity contribution is 5.99. The molecular weight excluding hydrogens is 188 g/mol. The van der Waals surface area contributed by atoms with Crippen molar-refractivity contribution in [2.45, 2.75) is 6.54 Å². The number of aromatic nitrogens is 2. The van der Waals surface area contributed by atoms with Crippen LogP contribution < -0.4 is 0 Å². The number of ketones is 1. The van der Waals surface area contributed by atoms with Crippen LogP contribution in [0.15, 0.2) is 43.0 Å². The van der Waals surface area contributed by atoms with Crippen LogP contribution in [0.2, 0.25) is 0 Å². The van der Waals surface area contributed by atoms with Crippen molar-refractivity contribution in [1.29, 1.82) is 0 Å². The van der Waals surface area contributed by atoms with Gasteiger partial charge in [-0.15, -0.1) is 0 Å². The Kier molecular flexibility index (Phi) is 2.63. The van der Waals surface area contributed by atoms with E-state index in [1.54, 1.807) is 24.7 Å². The van der Waals surface area contributed by atoms with Crippen molar-refractivity contribution in [2.75, 3.05) is 0 Å². The summed E-state index contributed by atoms with van der Waals surface area (Å²) < 4.78 is 1.97. The van der Waals surface area contributed by atoms with Gasteiger partial charge in [0.15, 0.2) is 5.78 Å². The maximum absolute atomic E-state index is 10.9. The molecule has 0 fully saturated rings. The van der Waals surface area contributed by atoms with E-state index in [0.29, 0.717) is 5.56 Å². The van der Waals surface area contributed by atoms with Crippen molar-refractivity contribution in [2.24, 2.45) is 0 Å². The molecule has 1 heterocycles. The maximum Gasteiger partial charge on any atom is 0.163 e. The third kappa shape index (κ3) is 2.31. The van der Waals surface area contributed by atoms with Gasteiger partial charge in [0.2, 0.25) is 0 Å². The zero-order valence-electron chi connectivity index (χ0n) is 8.26. The molecule has 0 N–H and O–H groups in total. The average Bonchev–Trinajstić information content (AvgIpc) is 2.71. The molecule has 0 aliphatic rings. The molecule has 0 atom stereocenters.